The summed E-state index contributed by atoms with van der Waals surface area (Å²) in [6.07, 6.45) is 16.2. The predicted octanol–water partition coefficient (Wildman–Crippen LogP) is 4.28. The van der Waals surface area contributed by atoms with Gasteiger partial charge in [0.1, 0.15) is 6.23 Å². The Kier molecular flexibility index (Phi) is 9.45. The molecule has 3 aliphatic rings. The number of rotatable bonds is 10. The number of piperidine rings is 1. The minimum atomic E-state index is -0.741. The number of aliphatic hydroxyl groups excluding tert-OH is 1. The van der Waals surface area contributed by atoms with Gasteiger partial charge in [0.2, 0.25) is 0 Å². The van der Waals surface area contributed by atoms with Gasteiger partial charge in [0, 0.05) is 25.3 Å². The lowest BCUT2D eigenvalue weighted by Crippen LogP contribution is -2.36. The summed E-state index contributed by atoms with van der Waals surface area (Å²) in [6, 6.07) is 6.91. The van der Waals surface area contributed by atoms with E-state index in [0.717, 1.165) is 56.6 Å². The summed E-state index contributed by atoms with van der Waals surface area (Å²) < 4.78 is 0. The van der Waals surface area contributed by atoms with E-state index in [4.69, 9.17) is 11.6 Å². The Labute approximate surface area is 219 Å². The largest absolute Gasteiger partial charge is 0.387 e. The quantitative estimate of drug-likeness (QED) is 0.355. The van der Waals surface area contributed by atoms with Crippen LogP contribution in [-0.4, -0.2) is 54.4 Å². The van der Waals surface area contributed by atoms with E-state index >= 15 is 0 Å². The molecule has 192 valence electrons. The molecule has 4 N–H and O–H groups in total. The lowest BCUT2D eigenvalue weighted by molar-refractivity contribution is 0.0943. The number of dihydropyridines is 1. The monoisotopic (exact) mass is 508 g/mol. The standard InChI is InChI=1S/C29H37ClN4O2/c1-2-22-7-9-27(33-29(36)25-5-3-4-6-26(25)30)24(22)8-10-28(35)32-18-11-21-14-19-34(20-15-21)23-12-16-31-17-13-23/h2-6,8,10,12-13,16,21,27-28,31-32,35H,1,7,9,11,14-15,17-20H2,(H,33,36)/b10-8+/t27-,28?/m1/s1. The number of aliphatic hydroxyl groups is 1. The molecule has 1 amide bonds. The number of halogens is 1. The van der Waals surface area contributed by atoms with Gasteiger partial charge in [-0.1, -0.05) is 42.5 Å². The fraction of sp³-hybridized carbons (Fsp3) is 0.414. The summed E-state index contributed by atoms with van der Waals surface area (Å²) in [4.78, 5) is 15.2. The van der Waals surface area contributed by atoms with Crippen molar-refractivity contribution in [3.8, 4) is 0 Å². The van der Waals surface area contributed by atoms with Gasteiger partial charge in [-0.15, -0.1) is 0 Å². The first-order chi connectivity index (χ1) is 17.5. The average molecular weight is 509 g/mol. The molecule has 0 saturated carbocycles. The predicted molar refractivity (Wildman–Crippen MR) is 146 cm³/mol. The van der Waals surface area contributed by atoms with Gasteiger partial charge in [-0.3, -0.25) is 10.1 Å². The highest BCUT2D eigenvalue weighted by atomic mass is 35.5. The van der Waals surface area contributed by atoms with Gasteiger partial charge in [-0.2, -0.15) is 0 Å². The molecule has 1 saturated heterocycles. The Hall–Kier alpha value is -2.80. The van der Waals surface area contributed by atoms with E-state index in [1.54, 1.807) is 30.3 Å². The molecule has 0 aromatic heterocycles. The SMILES string of the molecule is C=CC1=C(/C=C/C(O)NCCC2CCN(C3=CCNC=C3)CC2)[C@H](NC(=O)c2ccccc2Cl)CC1. The highest BCUT2D eigenvalue weighted by molar-refractivity contribution is 6.33. The number of carbonyl (C=O) groups excluding carboxylic acids is 1. The average Bonchev–Trinajstić information content (AvgIpc) is 3.29. The highest BCUT2D eigenvalue weighted by Gasteiger charge is 2.25. The maximum Gasteiger partial charge on any atom is 0.253 e. The number of nitrogens with zero attached hydrogens (tertiary/aromatic N) is 1. The Bertz CT molecular complexity index is 1050. The Morgan fingerprint density at radius 1 is 1.28 bits per heavy atom. The molecule has 7 heteroatoms. The van der Waals surface area contributed by atoms with Gasteiger partial charge in [-0.25, -0.2) is 0 Å². The minimum absolute atomic E-state index is 0.139. The summed E-state index contributed by atoms with van der Waals surface area (Å²) in [7, 11) is 0. The lowest BCUT2D eigenvalue weighted by Gasteiger charge is -2.35. The second-order valence-corrected chi connectivity index (χ2v) is 9.98. The van der Waals surface area contributed by atoms with Crippen molar-refractivity contribution in [3.63, 3.8) is 0 Å². The van der Waals surface area contributed by atoms with E-state index in [-0.39, 0.29) is 11.9 Å². The smallest absolute Gasteiger partial charge is 0.253 e. The summed E-state index contributed by atoms with van der Waals surface area (Å²) >= 11 is 6.19. The zero-order valence-electron chi connectivity index (χ0n) is 20.8. The first-order valence-corrected chi connectivity index (χ1v) is 13.3. The molecule has 1 fully saturated rings. The van der Waals surface area contributed by atoms with E-state index in [1.165, 1.54) is 18.5 Å². The van der Waals surface area contributed by atoms with Crippen LogP contribution in [0.4, 0.5) is 0 Å². The van der Waals surface area contributed by atoms with Gasteiger partial charge in [0.25, 0.3) is 5.91 Å². The van der Waals surface area contributed by atoms with Gasteiger partial charge in [-0.05, 0) is 92.3 Å². The molecule has 1 aromatic carbocycles. The van der Waals surface area contributed by atoms with Crippen LogP contribution in [0.1, 0.15) is 42.5 Å². The normalized spacial score (nSPS) is 21.4. The Balaban J connectivity index is 1.23. The van der Waals surface area contributed by atoms with Gasteiger partial charge >= 0.3 is 0 Å². The zero-order valence-corrected chi connectivity index (χ0v) is 21.5. The van der Waals surface area contributed by atoms with Crippen molar-refractivity contribution in [2.45, 2.75) is 44.4 Å². The number of benzene rings is 1. The van der Waals surface area contributed by atoms with E-state index in [2.05, 4.69) is 39.6 Å². The fourth-order valence-corrected chi connectivity index (χ4v) is 5.38. The number of likely N-dealkylation sites (tertiary alicyclic amines) is 1. The third-order valence-corrected chi connectivity index (χ3v) is 7.59. The summed E-state index contributed by atoms with van der Waals surface area (Å²) in [5, 5.41) is 20.5. The van der Waals surface area contributed by atoms with Crippen LogP contribution in [0.25, 0.3) is 0 Å². The first-order valence-electron chi connectivity index (χ1n) is 12.9. The van der Waals surface area contributed by atoms with Gasteiger partial charge in [0.05, 0.1) is 16.6 Å². The molecule has 0 radical (unpaired) electrons. The first kappa shape index (κ1) is 26.3. The molecule has 1 aromatic rings. The number of nitrogens with one attached hydrogen (secondary N) is 3. The number of hydrogen-bond donors (Lipinski definition) is 4. The molecule has 2 aliphatic heterocycles. The molecule has 6 nitrogen and oxygen atoms in total. The number of allylic oxidation sites excluding steroid dienone is 3. The van der Waals surface area contributed by atoms with Crippen molar-refractivity contribution < 1.29 is 9.90 Å². The van der Waals surface area contributed by atoms with Crippen molar-refractivity contribution in [2.75, 3.05) is 26.2 Å². The lowest BCUT2D eigenvalue weighted by atomic mass is 9.93. The molecular formula is C29H37ClN4O2. The minimum Gasteiger partial charge on any atom is -0.387 e. The van der Waals surface area contributed by atoms with Crippen LogP contribution in [0.3, 0.4) is 0 Å². The van der Waals surface area contributed by atoms with E-state index in [9.17, 15) is 9.90 Å². The highest BCUT2D eigenvalue weighted by Crippen LogP contribution is 2.29. The molecule has 36 heavy (non-hydrogen) atoms. The Morgan fingerprint density at radius 2 is 2.08 bits per heavy atom. The van der Waals surface area contributed by atoms with Crippen molar-refractivity contribution in [1.29, 1.82) is 0 Å². The van der Waals surface area contributed by atoms with Crippen molar-refractivity contribution in [2.24, 2.45) is 5.92 Å². The fourth-order valence-electron chi connectivity index (χ4n) is 5.15. The van der Waals surface area contributed by atoms with E-state index in [1.807, 2.05) is 18.4 Å². The van der Waals surface area contributed by atoms with E-state index in [0.29, 0.717) is 16.5 Å². The van der Waals surface area contributed by atoms with Crippen LogP contribution in [-0.2, 0) is 0 Å². The molecule has 1 unspecified atom stereocenters. The Morgan fingerprint density at radius 3 is 2.81 bits per heavy atom. The van der Waals surface area contributed by atoms with Crippen molar-refractivity contribution in [3.05, 3.63) is 94.9 Å². The van der Waals surface area contributed by atoms with Gasteiger partial charge < -0.3 is 20.6 Å². The van der Waals surface area contributed by atoms with Crippen molar-refractivity contribution >= 4 is 17.5 Å². The van der Waals surface area contributed by atoms with Crippen molar-refractivity contribution in [1.82, 2.24) is 20.9 Å². The third-order valence-electron chi connectivity index (χ3n) is 7.26. The number of amides is 1. The molecule has 0 bridgehead atoms. The summed E-state index contributed by atoms with van der Waals surface area (Å²) in [5.41, 5.74) is 3.87. The zero-order chi connectivity index (χ0) is 25.3. The van der Waals surface area contributed by atoms with E-state index < -0.39 is 6.23 Å². The maximum atomic E-state index is 12.8. The van der Waals surface area contributed by atoms with Crippen LogP contribution in [0.2, 0.25) is 5.02 Å². The molecule has 1 aliphatic carbocycles. The maximum absolute atomic E-state index is 12.8. The second kappa shape index (κ2) is 12.9. The van der Waals surface area contributed by atoms with Crippen LogP contribution in [0.15, 0.2) is 84.3 Å². The molecule has 2 atom stereocenters. The van der Waals surface area contributed by atoms with Gasteiger partial charge in [0.15, 0.2) is 0 Å². The number of hydrogen-bond acceptors (Lipinski definition) is 5. The topological polar surface area (TPSA) is 76.6 Å². The van der Waals surface area contributed by atoms with Crippen LogP contribution in [0, 0.1) is 5.92 Å². The molecular weight excluding hydrogens is 472 g/mol. The van der Waals surface area contributed by atoms with Crippen LogP contribution >= 0.6 is 11.6 Å². The summed E-state index contributed by atoms with van der Waals surface area (Å²) in [5.74, 6) is 0.476. The molecule has 2 heterocycles. The summed E-state index contributed by atoms with van der Waals surface area (Å²) in [6.45, 7) is 7.77. The van der Waals surface area contributed by atoms with Crippen LogP contribution in [0.5, 0.6) is 0 Å². The molecule has 4 rings (SSSR count). The number of carbonyl (C=O) groups is 1. The second-order valence-electron chi connectivity index (χ2n) is 9.58. The molecule has 0 spiro atoms. The van der Waals surface area contributed by atoms with Crippen LogP contribution < -0.4 is 16.0 Å². The third kappa shape index (κ3) is 6.90.